The van der Waals surface area contributed by atoms with Gasteiger partial charge in [-0.1, -0.05) is 13.0 Å². The highest BCUT2D eigenvalue weighted by Crippen LogP contribution is 2.37. The molecule has 0 N–H and O–H groups in total. The van der Waals surface area contributed by atoms with E-state index in [0.29, 0.717) is 24.9 Å². The summed E-state index contributed by atoms with van der Waals surface area (Å²) in [4.78, 5) is 12.0. The summed E-state index contributed by atoms with van der Waals surface area (Å²) in [5.74, 6) is 0.798. The normalized spacial score (nSPS) is 16.0. The molecular weight excluding hydrogens is 448 g/mol. The predicted octanol–water partition coefficient (Wildman–Crippen LogP) is 4.28. The molecule has 0 spiro atoms. The summed E-state index contributed by atoms with van der Waals surface area (Å²) >= 11 is 2.37. The average Bonchev–Trinajstić information content (AvgIpc) is 3.40. The minimum Gasteiger partial charge on any atom is -0.410 e. The molecule has 30 heavy (non-hydrogen) atoms. The Morgan fingerprint density at radius 1 is 1.27 bits per heavy atom. The van der Waals surface area contributed by atoms with Gasteiger partial charge in [-0.2, -0.15) is 4.31 Å². The zero-order chi connectivity index (χ0) is 21.3. The molecule has 1 fully saturated rings. The molecule has 3 heterocycles. The van der Waals surface area contributed by atoms with Gasteiger partial charge in [-0.05, 0) is 54.1 Å². The van der Waals surface area contributed by atoms with Crippen LogP contribution in [0.25, 0.3) is 10.8 Å². The van der Waals surface area contributed by atoms with Crippen LogP contribution in [0.5, 0.6) is 0 Å². The van der Waals surface area contributed by atoms with Gasteiger partial charge in [0.25, 0.3) is 16.8 Å². The molecule has 0 aliphatic carbocycles. The van der Waals surface area contributed by atoms with Gasteiger partial charge < -0.3 is 4.42 Å². The van der Waals surface area contributed by atoms with Gasteiger partial charge in [0.1, 0.15) is 0 Å². The largest absolute Gasteiger partial charge is 0.410 e. The van der Waals surface area contributed by atoms with E-state index in [0.717, 1.165) is 35.5 Å². The first-order valence-electron chi connectivity index (χ1n) is 9.18. The molecule has 0 atom stereocenters. The van der Waals surface area contributed by atoms with Crippen molar-refractivity contribution >= 4 is 38.8 Å². The molecule has 0 amide bonds. The molecule has 2 aromatic heterocycles. The number of nitrogens with zero attached hydrogens (tertiary/aromatic N) is 4. The lowest BCUT2D eigenvalue weighted by molar-refractivity contribution is -0.388. The number of rotatable bonds is 6. The fraction of sp³-hybridized carbons (Fsp3) is 0.333. The van der Waals surface area contributed by atoms with Crippen LogP contribution in [0, 0.1) is 16.0 Å². The summed E-state index contributed by atoms with van der Waals surface area (Å²) in [6.07, 6.45) is 1.55. The summed E-state index contributed by atoms with van der Waals surface area (Å²) in [6.45, 7) is 2.92. The first-order valence-corrected chi connectivity index (χ1v) is 12.3. The Kier molecular flexibility index (Phi) is 5.91. The summed E-state index contributed by atoms with van der Waals surface area (Å²) in [5.41, 5.74) is -0.317. The standard InChI is InChI=1S/C18H18N4O5S3/c1-12-6-8-21(9-7-12)30(25,26)13-4-5-15(14(11-13)22(23)24)29-18-20-19-17(27-18)16-3-2-10-28-16/h2-5,10-12H,6-9H2,1H3. The molecule has 12 heteroatoms. The minimum absolute atomic E-state index is 0.0853. The topological polar surface area (TPSA) is 119 Å². The van der Waals surface area contributed by atoms with Crippen molar-refractivity contribution in [2.45, 2.75) is 34.8 Å². The van der Waals surface area contributed by atoms with Crippen molar-refractivity contribution in [1.82, 2.24) is 14.5 Å². The van der Waals surface area contributed by atoms with Crippen molar-refractivity contribution in [2.75, 3.05) is 13.1 Å². The number of benzene rings is 1. The summed E-state index contributed by atoms with van der Waals surface area (Å²) in [7, 11) is -3.79. The maximum absolute atomic E-state index is 12.9. The van der Waals surface area contributed by atoms with Crippen molar-refractivity contribution in [1.29, 1.82) is 0 Å². The highest BCUT2D eigenvalue weighted by Gasteiger charge is 2.30. The van der Waals surface area contributed by atoms with Crippen LogP contribution in [0.1, 0.15) is 19.8 Å². The zero-order valence-electron chi connectivity index (χ0n) is 15.9. The monoisotopic (exact) mass is 466 g/mol. The van der Waals surface area contributed by atoms with Gasteiger partial charge >= 0.3 is 0 Å². The van der Waals surface area contributed by atoms with Crippen molar-refractivity contribution < 1.29 is 17.8 Å². The molecule has 1 saturated heterocycles. The van der Waals surface area contributed by atoms with Crippen LogP contribution in [-0.4, -0.2) is 40.9 Å². The number of piperidine rings is 1. The molecule has 9 nitrogen and oxygen atoms in total. The Morgan fingerprint density at radius 3 is 2.70 bits per heavy atom. The van der Waals surface area contributed by atoms with Crippen molar-refractivity contribution in [3.63, 3.8) is 0 Å². The summed E-state index contributed by atoms with van der Waals surface area (Å²) < 4.78 is 32.8. The third kappa shape index (κ3) is 4.26. The van der Waals surface area contributed by atoms with E-state index in [1.807, 2.05) is 17.5 Å². The van der Waals surface area contributed by atoms with Crippen molar-refractivity contribution in [3.05, 3.63) is 45.8 Å². The van der Waals surface area contributed by atoms with Gasteiger partial charge in [0.15, 0.2) is 0 Å². The number of thiophene rings is 1. The van der Waals surface area contributed by atoms with E-state index in [1.165, 1.54) is 27.8 Å². The minimum atomic E-state index is -3.79. The maximum Gasteiger partial charge on any atom is 0.284 e. The molecule has 0 radical (unpaired) electrons. The van der Waals surface area contributed by atoms with Gasteiger partial charge in [0.05, 0.1) is 19.6 Å². The second-order valence-electron chi connectivity index (χ2n) is 6.93. The third-order valence-corrected chi connectivity index (χ3v) is 8.50. The van der Waals surface area contributed by atoms with E-state index in [-0.39, 0.29) is 20.7 Å². The van der Waals surface area contributed by atoms with Crippen molar-refractivity contribution in [2.24, 2.45) is 5.92 Å². The molecule has 0 bridgehead atoms. The molecule has 3 aromatic rings. The van der Waals surface area contributed by atoms with Crippen LogP contribution in [0.3, 0.4) is 0 Å². The number of hydrogen-bond acceptors (Lipinski definition) is 9. The van der Waals surface area contributed by atoms with Crippen LogP contribution in [0.2, 0.25) is 0 Å². The van der Waals surface area contributed by atoms with Gasteiger partial charge in [0.2, 0.25) is 10.0 Å². The van der Waals surface area contributed by atoms with Crippen LogP contribution in [0.15, 0.2) is 55.1 Å². The van der Waals surface area contributed by atoms with Gasteiger partial charge in [-0.3, -0.25) is 10.1 Å². The lowest BCUT2D eigenvalue weighted by Crippen LogP contribution is -2.37. The van der Waals surface area contributed by atoms with E-state index in [9.17, 15) is 18.5 Å². The van der Waals surface area contributed by atoms with E-state index in [1.54, 1.807) is 0 Å². The Morgan fingerprint density at radius 2 is 2.03 bits per heavy atom. The SMILES string of the molecule is CC1CCN(S(=O)(=O)c2ccc(Sc3nnc(-c4cccs4)o3)c([N+](=O)[O-])c2)CC1. The van der Waals surface area contributed by atoms with E-state index in [4.69, 9.17) is 4.42 Å². The Labute approximate surface area is 181 Å². The van der Waals surface area contributed by atoms with Crippen molar-refractivity contribution in [3.8, 4) is 10.8 Å². The quantitative estimate of drug-likeness (QED) is 0.390. The number of nitro groups is 1. The molecule has 158 valence electrons. The Hall–Kier alpha value is -2.28. The van der Waals surface area contributed by atoms with Gasteiger partial charge in [0, 0.05) is 19.2 Å². The molecule has 4 rings (SSSR count). The average molecular weight is 467 g/mol. The third-order valence-electron chi connectivity index (χ3n) is 4.84. The molecule has 1 aromatic carbocycles. The van der Waals surface area contributed by atoms with Gasteiger partial charge in [-0.15, -0.1) is 21.5 Å². The zero-order valence-corrected chi connectivity index (χ0v) is 18.4. The molecule has 1 aliphatic rings. The van der Waals surface area contributed by atoms with Gasteiger partial charge in [-0.25, -0.2) is 8.42 Å². The number of sulfonamides is 1. The first-order chi connectivity index (χ1) is 14.3. The van der Waals surface area contributed by atoms with Crippen LogP contribution in [-0.2, 0) is 10.0 Å². The Bertz CT molecular complexity index is 1150. The predicted molar refractivity (Wildman–Crippen MR) is 112 cm³/mol. The maximum atomic E-state index is 12.9. The lowest BCUT2D eigenvalue weighted by atomic mass is 10.0. The van der Waals surface area contributed by atoms with E-state index < -0.39 is 14.9 Å². The molecule has 0 unspecified atom stereocenters. The number of aromatic nitrogens is 2. The Balaban J connectivity index is 1.60. The number of hydrogen-bond donors (Lipinski definition) is 0. The fourth-order valence-electron chi connectivity index (χ4n) is 3.11. The highest BCUT2D eigenvalue weighted by molar-refractivity contribution is 7.99. The van der Waals surface area contributed by atoms with E-state index >= 15 is 0 Å². The van der Waals surface area contributed by atoms with E-state index in [2.05, 4.69) is 17.1 Å². The molecular formula is C18H18N4O5S3. The van der Waals surface area contributed by atoms with Crippen LogP contribution in [0.4, 0.5) is 5.69 Å². The second-order valence-corrected chi connectivity index (χ2v) is 10.8. The van der Waals surface area contributed by atoms with Crippen LogP contribution >= 0.6 is 23.1 Å². The summed E-state index contributed by atoms with van der Waals surface area (Å²) in [5, 5.41) is 21.5. The smallest absolute Gasteiger partial charge is 0.284 e. The first kappa shape index (κ1) is 21.0. The highest BCUT2D eigenvalue weighted by atomic mass is 32.2. The second kappa shape index (κ2) is 8.46. The molecule has 0 saturated carbocycles. The lowest BCUT2D eigenvalue weighted by Gasteiger charge is -2.29. The van der Waals surface area contributed by atoms with Crippen LogP contribution < -0.4 is 0 Å². The number of nitro benzene ring substituents is 1. The fourth-order valence-corrected chi connectivity index (χ4v) is 6.00. The molecule has 1 aliphatic heterocycles. The summed E-state index contributed by atoms with van der Waals surface area (Å²) in [6, 6.07) is 7.59.